The van der Waals surface area contributed by atoms with Crippen LogP contribution >= 0.6 is 11.6 Å². The number of nitrogens with one attached hydrogen (secondary N) is 1. The van der Waals surface area contributed by atoms with E-state index in [2.05, 4.69) is 24.1 Å². The van der Waals surface area contributed by atoms with Crippen molar-refractivity contribution in [2.75, 3.05) is 23.3 Å². The van der Waals surface area contributed by atoms with Gasteiger partial charge in [0.2, 0.25) is 0 Å². The maximum absolute atomic E-state index is 12.4. The third-order valence-corrected chi connectivity index (χ3v) is 5.04. The number of nitrogens with zero attached hydrogens (tertiary/aromatic N) is 1. The van der Waals surface area contributed by atoms with E-state index in [4.69, 9.17) is 11.6 Å². The first kappa shape index (κ1) is 17.8. The Hall–Kier alpha value is -2.00. The Morgan fingerprint density at radius 2 is 1.72 bits per heavy atom. The lowest BCUT2D eigenvalue weighted by atomic mass is 10.0. The average molecular weight is 357 g/mol. The summed E-state index contributed by atoms with van der Waals surface area (Å²) in [6.45, 7) is 6.38. The number of carbonyl (C=O) groups excluding carboxylic acids is 1. The molecule has 0 spiro atoms. The summed E-state index contributed by atoms with van der Waals surface area (Å²) in [4.78, 5) is 14.8. The van der Waals surface area contributed by atoms with Crippen molar-refractivity contribution in [2.24, 2.45) is 0 Å². The summed E-state index contributed by atoms with van der Waals surface area (Å²) in [5.41, 5.74) is 3.66. The van der Waals surface area contributed by atoms with Gasteiger partial charge in [-0.2, -0.15) is 0 Å². The van der Waals surface area contributed by atoms with Crippen LogP contribution in [0, 0.1) is 0 Å². The van der Waals surface area contributed by atoms with Crippen molar-refractivity contribution >= 4 is 28.9 Å². The molecule has 1 fully saturated rings. The fraction of sp³-hybridized carbons (Fsp3) is 0.381. The van der Waals surface area contributed by atoms with E-state index in [1.165, 1.54) is 24.8 Å². The first-order valence-electron chi connectivity index (χ1n) is 9.00. The molecule has 1 saturated heterocycles. The lowest BCUT2D eigenvalue weighted by Crippen LogP contribution is -2.29. The normalized spacial score (nSPS) is 14.6. The van der Waals surface area contributed by atoms with Gasteiger partial charge in [-0.05, 0) is 61.1 Å². The Balaban J connectivity index is 1.69. The van der Waals surface area contributed by atoms with E-state index < -0.39 is 0 Å². The molecular formula is C21H25ClN2O. The van der Waals surface area contributed by atoms with Crippen LogP contribution < -0.4 is 10.2 Å². The maximum atomic E-state index is 12.4. The van der Waals surface area contributed by atoms with Gasteiger partial charge in [0.15, 0.2) is 0 Å². The second-order valence-corrected chi connectivity index (χ2v) is 7.35. The van der Waals surface area contributed by atoms with E-state index in [0.717, 1.165) is 24.5 Å². The second kappa shape index (κ2) is 7.92. The van der Waals surface area contributed by atoms with Gasteiger partial charge < -0.3 is 10.2 Å². The van der Waals surface area contributed by atoms with Gasteiger partial charge in [-0.15, -0.1) is 0 Å². The van der Waals surface area contributed by atoms with Crippen molar-refractivity contribution in [3.63, 3.8) is 0 Å². The van der Waals surface area contributed by atoms with E-state index in [1.54, 1.807) is 0 Å². The van der Waals surface area contributed by atoms with Crippen LogP contribution in [0.3, 0.4) is 0 Å². The summed E-state index contributed by atoms with van der Waals surface area (Å²) in [6, 6.07) is 13.5. The highest BCUT2D eigenvalue weighted by Gasteiger charge is 2.15. The lowest BCUT2D eigenvalue weighted by molar-refractivity contribution is 0.102. The predicted octanol–water partition coefficient (Wildman–Crippen LogP) is 5.71. The van der Waals surface area contributed by atoms with Crippen molar-refractivity contribution in [1.29, 1.82) is 0 Å². The van der Waals surface area contributed by atoms with Gasteiger partial charge in [0, 0.05) is 24.3 Å². The fourth-order valence-corrected chi connectivity index (χ4v) is 3.50. The van der Waals surface area contributed by atoms with Crippen LogP contribution in [0.2, 0.25) is 5.02 Å². The van der Waals surface area contributed by atoms with Crippen molar-refractivity contribution in [1.82, 2.24) is 0 Å². The van der Waals surface area contributed by atoms with Crippen molar-refractivity contribution < 1.29 is 4.79 Å². The number of halogens is 1. The zero-order chi connectivity index (χ0) is 17.8. The molecule has 0 atom stereocenters. The number of carbonyl (C=O) groups is 1. The minimum Gasteiger partial charge on any atom is -0.370 e. The molecular weight excluding hydrogens is 332 g/mol. The average Bonchev–Trinajstić information content (AvgIpc) is 2.62. The molecule has 1 N–H and O–H groups in total. The smallest absolute Gasteiger partial charge is 0.255 e. The van der Waals surface area contributed by atoms with Gasteiger partial charge in [0.05, 0.1) is 10.7 Å². The Morgan fingerprint density at radius 3 is 2.32 bits per heavy atom. The number of benzene rings is 2. The van der Waals surface area contributed by atoms with E-state index in [1.807, 2.05) is 42.5 Å². The van der Waals surface area contributed by atoms with Crippen LogP contribution in [-0.4, -0.2) is 19.0 Å². The van der Waals surface area contributed by atoms with Crippen molar-refractivity contribution in [3.05, 3.63) is 58.6 Å². The molecule has 0 bridgehead atoms. The first-order chi connectivity index (χ1) is 12.0. The van der Waals surface area contributed by atoms with Crippen LogP contribution in [0.25, 0.3) is 0 Å². The summed E-state index contributed by atoms with van der Waals surface area (Å²) in [6.07, 6.45) is 3.71. The van der Waals surface area contributed by atoms with Gasteiger partial charge in [0.1, 0.15) is 0 Å². The number of rotatable bonds is 4. The van der Waals surface area contributed by atoms with E-state index in [9.17, 15) is 4.79 Å². The van der Waals surface area contributed by atoms with E-state index in [0.29, 0.717) is 16.5 Å². The third-order valence-electron chi connectivity index (χ3n) is 4.74. The third kappa shape index (κ3) is 4.35. The van der Waals surface area contributed by atoms with Crippen LogP contribution in [0.1, 0.15) is 54.9 Å². The molecule has 1 aliphatic rings. The highest BCUT2D eigenvalue weighted by atomic mass is 35.5. The van der Waals surface area contributed by atoms with Crippen LogP contribution in [0.4, 0.5) is 11.4 Å². The molecule has 1 amide bonds. The van der Waals surface area contributed by atoms with Crippen LogP contribution in [0.15, 0.2) is 42.5 Å². The highest BCUT2D eigenvalue weighted by Crippen LogP contribution is 2.31. The number of anilines is 2. The van der Waals surface area contributed by atoms with Gasteiger partial charge in [-0.1, -0.05) is 37.6 Å². The molecule has 3 rings (SSSR count). The number of piperidine rings is 1. The van der Waals surface area contributed by atoms with E-state index in [-0.39, 0.29) is 5.91 Å². The Bertz CT molecular complexity index is 734. The molecule has 3 nitrogen and oxygen atoms in total. The molecule has 0 aromatic heterocycles. The van der Waals surface area contributed by atoms with E-state index >= 15 is 0 Å². The van der Waals surface area contributed by atoms with Gasteiger partial charge in [-0.3, -0.25) is 4.79 Å². The molecule has 25 heavy (non-hydrogen) atoms. The minimum absolute atomic E-state index is 0.114. The molecule has 2 aromatic carbocycles. The molecule has 1 aliphatic heterocycles. The Morgan fingerprint density at radius 1 is 1.04 bits per heavy atom. The monoisotopic (exact) mass is 356 g/mol. The maximum Gasteiger partial charge on any atom is 0.255 e. The SMILES string of the molecule is CC(C)c1ccc(C(=O)Nc2ccc(N3CCCCC3)c(Cl)c2)cc1. The standard InChI is InChI=1S/C21H25ClN2O/c1-15(2)16-6-8-17(9-7-16)21(25)23-18-10-11-20(19(22)14-18)24-12-4-3-5-13-24/h6-11,14-15H,3-5,12-13H2,1-2H3,(H,23,25). The molecule has 4 heteroatoms. The summed E-state index contributed by atoms with van der Waals surface area (Å²) in [7, 11) is 0. The Kier molecular flexibility index (Phi) is 5.64. The molecule has 0 saturated carbocycles. The zero-order valence-corrected chi connectivity index (χ0v) is 15.6. The fourth-order valence-electron chi connectivity index (χ4n) is 3.20. The summed E-state index contributed by atoms with van der Waals surface area (Å²) < 4.78 is 0. The summed E-state index contributed by atoms with van der Waals surface area (Å²) >= 11 is 6.45. The first-order valence-corrected chi connectivity index (χ1v) is 9.38. The molecule has 0 unspecified atom stereocenters. The topological polar surface area (TPSA) is 32.3 Å². The highest BCUT2D eigenvalue weighted by molar-refractivity contribution is 6.33. The van der Waals surface area contributed by atoms with Crippen LogP contribution in [0.5, 0.6) is 0 Å². The number of hydrogen-bond acceptors (Lipinski definition) is 2. The van der Waals surface area contributed by atoms with Crippen molar-refractivity contribution in [3.8, 4) is 0 Å². The quantitative estimate of drug-likeness (QED) is 0.761. The molecule has 0 aliphatic carbocycles. The Labute approximate surface area is 155 Å². The summed E-state index contributed by atoms with van der Waals surface area (Å²) in [5.74, 6) is 0.343. The lowest BCUT2D eigenvalue weighted by Gasteiger charge is -2.29. The molecule has 0 radical (unpaired) electrons. The predicted molar refractivity (Wildman–Crippen MR) is 106 cm³/mol. The summed E-state index contributed by atoms with van der Waals surface area (Å²) in [5, 5.41) is 3.63. The zero-order valence-electron chi connectivity index (χ0n) is 14.9. The molecule has 2 aromatic rings. The largest absolute Gasteiger partial charge is 0.370 e. The number of hydrogen-bond donors (Lipinski definition) is 1. The van der Waals surface area contributed by atoms with Gasteiger partial charge >= 0.3 is 0 Å². The van der Waals surface area contributed by atoms with Crippen molar-refractivity contribution in [2.45, 2.75) is 39.0 Å². The van der Waals surface area contributed by atoms with Crippen LogP contribution in [-0.2, 0) is 0 Å². The number of amides is 1. The van der Waals surface area contributed by atoms with Gasteiger partial charge in [0.25, 0.3) is 5.91 Å². The minimum atomic E-state index is -0.114. The second-order valence-electron chi connectivity index (χ2n) is 6.94. The molecule has 1 heterocycles. The van der Waals surface area contributed by atoms with Gasteiger partial charge in [-0.25, -0.2) is 0 Å². The molecule has 132 valence electrons.